The molecule has 6 nitrogen and oxygen atoms in total. The lowest BCUT2D eigenvalue weighted by atomic mass is 9.70. The average molecular weight is 232 g/mol. The zero-order valence-electron chi connectivity index (χ0n) is 10.1. The Bertz CT molecular complexity index is 521. The molecule has 0 aliphatic carbocycles. The molecule has 2 heterocycles. The third kappa shape index (κ3) is 2.13. The van der Waals surface area contributed by atoms with Crippen molar-refractivity contribution < 1.29 is 10.0 Å². The van der Waals surface area contributed by atoms with Gasteiger partial charge in [0, 0.05) is 6.20 Å². The molecule has 0 unspecified atom stereocenters. The van der Waals surface area contributed by atoms with E-state index in [-0.39, 0.29) is 0 Å². The van der Waals surface area contributed by atoms with Crippen molar-refractivity contribution in [1.29, 1.82) is 0 Å². The predicted octanol–water partition coefficient (Wildman–Crippen LogP) is 0.0647. The fourth-order valence-electron chi connectivity index (χ4n) is 1.78. The number of aromatic nitrogens is 3. The topological polar surface area (TPSA) is 73.9 Å². The Balaban J connectivity index is 2.52. The summed E-state index contributed by atoms with van der Waals surface area (Å²) in [6.45, 7) is 5.05. The fraction of sp³-hybridized carbons (Fsp3) is 0.333. The molecule has 0 saturated carbocycles. The van der Waals surface area contributed by atoms with Crippen LogP contribution in [-0.2, 0) is 0 Å². The molecule has 2 rings (SSSR count). The number of nitrogens with zero attached hydrogens (tertiary/aromatic N) is 4. The first-order valence-corrected chi connectivity index (χ1v) is 5.47. The maximum absolute atomic E-state index is 9.61. The monoisotopic (exact) mass is 232 g/mol. The number of hydrogen-bond donors (Lipinski definition) is 2. The van der Waals surface area contributed by atoms with E-state index < -0.39 is 14.1 Å². The average Bonchev–Trinajstić information content (AvgIpc) is 2.61. The van der Waals surface area contributed by atoms with Crippen LogP contribution >= 0.6 is 0 Å². The Hall–Kier alpha value is -1.53. The summed E-state index contributed by atoms with van der Waals surface area (Å²) in [5.41, 5.74) is 1.70. The highest BCUT2D eigenvalue weighted by Gasteiger charge is 2.28. The minimum atomic E-state index is -0.854. The Labute approximate surface area is 100 Å². The van der Waals surface area contributed by atoms with Gasteiger partial charge in [0.05, 0.1) is 0 Å². The molecule has 0 saturated heterocycles. The summed E-state index contributed by atoms with van der Waals surface area (Å²) in [6.07, 6.45) is 1.78. The Morgan fingerprint density at radius 1 is 1.29 bits per heavy atom. The number of hydrogen-bond acceptors (Lipinski definition) is 5. The normalized spacial score (nSPS) is 10.6. The molecule has 0 amide bonds. The maximum atomic E-state index is 9.61. The second-order valence-corrected chi connectivity index (χ2v) is 4.04. The third-order valence-electron chi connectivity index (χ3n) is 2.58. The van der Waals surface area contributed by atoms with Crippen LogP contribution in [0.5, 0.6) is 0 Å². The van der Waals surface area contributed by atoms with E-state index in [1.165, 1.54) is 4.72 Å². The fourth-order valence-corrected chi connectivity index (χ4v) is 1.78. The van der Waals surface area contributed by atoms with E-state index in [0.717, 1.165) is 5.56 Å². The van der Waals surface area contributed by atoms with Gasteiger partial charge in [-0.1, -0.05) is 6.07 Å². The molecule has 0 aliphatic heterocycles. The van der Waals surface area contributed by atoms with Crippen molar-refractivity contribution in [3.05, 3.63) is 23.9 Å². The number of rotatable bonds is 3. The first-order chi connectivity index (χ1) is 8.00. The van der Waals surface area contributed by atoms with Gasteiger partial charge in [-0.15, -0.1) is 5.10 Å². The van der Waals surface area contributed by atoms with Crippen LogP contribution < -0.4 is 4.72 Å². The summed E-state index contributed by atoms with van der Waals surface area (Å²) in [5, 5.41) is 23.4. The highest BCUT2D eigenvalue weighted by Crippen LogP contribution is 2.14. The molecule has 0 spiro atoms. The van der Waals surface area contributed by atoms with Gasteiger partial charge in [0.2, 0.25) is 5.95 Å². The maximum Gasteiger partial charge on any atom is 0.400 e. The summed E-state index contributed by atoms with van der Waals surface area (Å²) in [4.78, 5) is 4.31. The molecule has 0 atom stereocenters. The van der Waals surface area contributed by atoms with E-state index in [4.69, 9.17) is 0 Å². The minimum Gasteiger partial charge on any atom is -0.433 e. The lowest BCUT2D eigenvalue weighted by molar-refractivity contribution is 0.553. The van der Waals surface area contributed by atoms with Gasteiger partial charge >= 0.3 is 14.1 Å². The van der Waals surface area contributed by atoms with E-state index in [1.54, 1.807) is 24.4 Å². The molecular weight excluding hydrogens is 218 g/mol. The molecular formula is C9H14B2N4O2. The second-order valence-electron chi connectivity index (χ2n) is 4.04. The highest BCUT2D eigenvalue weighted by molar-refractivity contribution is 6.74. The van der Waals surface area contributed by atoms with Gasteiger partial charge in [0.1, 0.15) is 0 Å². The Morgan fingerprint density at radius 2 is 1.94 bits per heavy atom. The van der Waals surface area contributed by atoms with Crippen molar-refractivity contribution >= 4 is 25.7 Å². The van der Waals surface area contributed by atoms with Gasteiger partial charge in [-0.25, -0.2) is 4.52 Å². The lowest BCUT2D eigenvalue weighted by Crippen LogP contribution is -2.47. The van der Waals surface area contributed by atoms with Crippen LogP contribution in [0, 0.1) is 6.92 Å². The lowest BCUT2D eigenvalue weighted by Gasteiger charge is -2.22. The van der Waals surface area contributed by atoms with Gasteiger partial charge in [0.15, 0.2) is 5.65 Å². The van der Waals surface area contributed by atoms with E-state index in [9.17, 15) is 10.0 Å². The second kappa shape index (κ2) is 4.38. The molecule has 88 valence electrons. The highest BCUT2D eigenvalue weighted by atomic mass is 16.2. The van der Waals surface area contributed by atoms with E-state index >= 15 is 0 Å². The van der Waals surface area contributed by atoms with Crippen molar-refractivity contribution in [3.63, 3.8) is 0 Å². The summed E-state index contributed by atoms with van der Waals surface area (Å²) in [6, 6.07) is 3.80. The van der Waals surface area contributed by atoms with Gasteiger partial charge in [-0.2, -0.15) is 4.98 Å². The molecule has 17 heavy (non-hydrogen) atoms. The quantitative estimate of drug-likeness (QED) is 0.732. The van der Waals surface area contributed by atoms with Crippen LogP contribution in [0.1, 0.15) is 5.56 Å². The molecule has 0 bridgehead atoms. The SMILES string of the molecule is CB(O)N(B(C)O)c1nc2c(C)cccn2n1. The minimum absolute atomic E-state index is 0.310. The van der Waals surface area contributed by atoms with Crippen LogP contribution in [0.15, 0.2) is 18.3 Å². The van der Waals surface area contributed by atoms with Gasteiger partial charge in [-0.3, -0.25) is 0 Å². The van der Waals surface area contributed by atoms with Crippen molar-refractivity contribution in [3.8, 4) is 0 Å². The molecule has 0 aromatic carbocycles. The van der Waals surface area contributed by atoms with Crippen LogP contribution in [0.2, 0.25) is 13.6 Å². The zero-order valence-corrected chi connectivity index (χ0v) is 10.1. The van der Waals surface area contributed by atoms with Crippen LogP contribution in [0.4, 0.5) is 5.95 Å². The predicted molar refractivity (Wildman–Crippen MR) is 67.9 cm³/mol. The Kier molecular flexibility index (Phi) is 3.08. The summed E-state index contributed by atoms with van der Waals surface area (Å²) >= 11 is 0. The molecule has 2 aromatic rings. The summed E-state index contributed by atoms with van der Waals surface area (Å²) < 4.78 is 2.97. The standard InChI is InChI=1S/C9H14B2N4O2/c1-7-5-4-6-14-8(7)12-9(13-14)15(10(2)16)11(3)17/h4-6,16-17H,1-3H3. The van der Waals surface area contributed by atoms with Crippen LogP contribution in [0.3, 0.4) is 0 Å². The molecule has 8 heteroatoms. The third-order valence-corrected chi connectivity index (χ3v) is 2.58. The van der Waals surface area contributed by atoms with Crippen LogP contribution in [-0.4, -0.2) is 38.7 Å². The van der Waals surface area contributed by atoms with Gasteiger partial charge < -0.3 is 14.8 Å². The van der Waals surface area contributed by atoms with Gasteiger partial charge in [-0.05, 0) is 32.2 Å². The Morgan fingerprint density at radius 3 is 2.47 bits per heavy atom. The van der Waals surface area contributed by atoms with E-state index in [1.807, 2.05) is 19.1 Å². The summed E-state index contributed by atoms with van der Waals surface area (Å²) in [7, 11) is -1.71. The van der Waals surface area contributed by atoms with Gasteiger partial charge in [0.25, 0.3) is 0 Å². The van der Waals surface area contributed by atoms with Crippen LogP contribution in [0.25, 0.3) is 5.65 Å². The molecule has 0 aliphatic rings. The molecule has 0 radical (unpaired) electrons. The summed E-state index contributed by atoms with van der Waals surface area (Å²) in [5.74, 6) is 0.310. The first-order valence-electron chi connectivity index (χ1n) is 5.47. The molecule has 2 aromatic heterocycles. The smallest absolute Gasteiger partial charge is 0.400 e. The molecule has 2 N–H and O–H groups in total. The van der Waals surface area contributed by atoms with E-state index in [2.05, 4.69) is 10.1 Å². The molecule has 0 fully saturated rings. The number of pyridine rings is 1. The van der Waals surface area contributed by atoms with Crippen molar-refractivity contribution in [2.45, 2.75) is 20.6 Å². The largest absolute Gasteiger partial charge is 0.433 e. The zero-order chi connectivity index (χ0) is 12.6. The number of aryl methyl sites for hydroxylation is 1. The number of anilines is 1. The van der Waals surface area contributed by atoms with Crippen molar-refractivity contribution in [1.82, 2.24) is 14.6 Å². The van der Waals surface area contributed by atoms with Crippen molar-refractivity contribution in [2.75, 3.05) is 4.72 Å². The van der Waals surface area contributed by atoms with E-state index in [0.29, 0.717) is 11.6 Å². The van der Waals surface area contributed by atoms with Crippen molar-refractivity contribution in [2.24, 2.45) is 0 Å². The number of fused-ring (bicyclic) bond motifs is 1. The first kappa shape index (κ1) is 11.9.